The first kappa shape index (κ1) is 13.0. The van der Waals surface area contributed by atoms with Crippen LogP contribution in [0.3, 0.4) is 0 Å². The van der Waals surface area contributed by atoms with Crippen molar-refractivity contribution in [2.75, 3.05) is 12.4 Å². The molecule has 7 heteroatoms. The molecule has 0 unspecified atom stereocenters. The van der Waals surface area contributed by atoms with Gasteiger partial charge >= 0.3 is 5.97 Å². The van der Waals surface area contributed by atoms with Gasteiger partial charge < -0.3 is 15.2 Å². The highest BCUT2D eigenvalue weighted by molar-refractivity contribution is 7.14. The number of aromatic nitrogens is 1. The van der Waals surface area contributed by atoms with Gasteiger partial charge in [-0.25, -0.2) is 9.78 Å². The fourth-order valence-corrected chi connectivity index (χ4v) is 2.25. The van der Waals surface area contributed by atoms with Crippen molar-refractivity contribution >= 4 is 28.2 Å². The van der Waals surface area contributed by atoms with Crippen molar-refractivity contribution in [2.24, 2.45) is 0 Å². The Morgan fingerprint density at radius 1 is 1.37 bits per heavy atom. The highest BCUT2D eigenvalue weighted by atomic mass is 32.1. The van der Waals surface area contributed by atoms with Gasteiger partial charge in [0.05, 0.1) is 12.7 Å². The van der Waals surface area contributed by atoms with E-state index in [0.29, 0.717) is 0 Å². The largest absolute Gasteiger partial charge is 0.480 e. The second-order valence-corrected chi connectivity index (χ2v) is 4.40. The lowest BCUT2D eigenvalue weighted by atomic mass is 10.2. The van der Waals surface area contributed by atoms with Crippen molar-refractivity contribution in [3.05, 3.63) is 40.9 Å². The van der Waals surface area contributed by atoms with E-state index in [4.69, 9.17) is 9.84 Å². The zero-order valence-electron chi connectivity index (χ0n) is 9.91. The fourth-order valence-electron chi connectivity index (χ4n) is 1.47. The number of rotatable bonds is 4. The molecule has 0 saturated heterocycles. The van der Waals surface area contributed by atoms with Crippen molar-refractivity contribution in [1.29, 1.82) is 0 Å². The van der Waals surface area contributed by atoms with E-state index < -0.39 is 11.9 Å². The summed E-state index contributed by atoms with van der Waals surface area (Å²) in [4.78, 5) is 26.9. The first-order chi connectivity index (χ1) is 9.13. The lowest BCUT2D eigenvalue weighted by Crippen LogP contribution is -2.14. The van der Waals surface area contributed by atoms with E-state index >= 15 is 0 Å². The summed E-state index contributed by atoms with van der Waals surface area (Å²) in [7, 11) is 1.41. The van der Waals surface area contributed by atoms with Gasteiger partial charge in [-0.1, -0.05) is 0 Å². The summed E-state index contributed by atoms with van der Waals surface area (Å²) in [6.45, 7) is 0. The number of nitrogens with zero attached hydrogens (tertiary/aromatic N) is 1. The van der Waals surface area contributed by atoms with Gasteiger partial charge in [0.1, 0.15) is 10.6 Å². The predicted octanol–water partition coefficient (Wildman–Crippen LogP) is 2.10. The summed E-state index contributed by atoms with van der Waals surface area (Å²) < 4.78 is 4.98. The molecule has 19 heavy (non-hydrogen) atoms. The summed E-state index contributed by atoms with van der Waals surface area (Å²) in [6.07, 6.45) is 1.50. The van der Waals surface area contributed by atoms with E-state index in [-0.39, 0.29) is 22.0 Å². The molecule has 0 radical (unpaired) electrons. The van der Waals surface area contributed by atoms with Crippen LogP contribution in [0.25, 0.3) is 0 Å². The molecular formula is C12H10N2O4S. The van der Waals surface area contributed by atoms with Gasteiger partial charge in [-0.2, -0.15) is 0 Å². The third-order valence-corrected chi connectivity index (χ3v) is 3.16. The molecule has 6 nitrogen and oxygen atoms in total. The molecule has 0 bridgehead atoms. The maximum absolute atomic E-state index is 12.0. The molecule has 98 valence electrons. The lowest BCUT2D eigenvalue weighted by molar-refractivity contribution is 0.0698. The maximum Gasteiger partial charge on any atom is 0.338 e. The average Bonchev–Trinajstić information content (AvgIpc) is 2.87. The number of thiophene rings is 1. The molecule has 1 amide bonds. The minimum atomic E-state index is -1.09. The molecule has 2 heterocycles. The quantitative estimate of drug-likeness (QED) is 0.894. The van der Waals surface area contributed by atoms with Crippen molar-refractivity contribution in [1.82, 2.24) is 4.98 Å². The lowest BCUT2D eigenvalue weighted by Gasteiger charge is -2.07. The summed E-state index contributed by atoms with van der Waals surface area (Å²) in [5, 5.41) is 13.4. The SMILES string of the molecule is COc1ncccc1C(=O)Nc1sccc1C(=O)O. The second-order valence-electron chi connectivity index (χ2n) is 3.48. The van der Waals surface area contributed by atoms with Gasteiger partial charge in [0.15, 0.2) is 0 Å². The Balaban J connectivity index is 2.26. The highest BCUT2D eigenvalue weighted by Crippen LogP contribution is 2.25. The monoisotopic (exact) mass is 278 g/mol. The molecular weight excluding hydrogens is 268 g/mol. The molecule has 0 fully saturated rings. The minimum absolute atomic E-state index is 0.0567. The van der Waals surface area contributed by atoms with Crippen molar-refractivity contribution < 1.29 is 19.4 Å². The van der Waals surface area contributed by atoms with Crippen molar-refractivity contribution in [3.8, 4) is 5.88 Å². The fraction of sp³-hybridized carbons (Fsp3) is 0.0833. The molecule has 2 rings (SSSR count). The van der Waals surface area contributed by atoms with Crippen LogP contribution >= 0.6 is 11.3 Å². The highest BCUT2D eigenvalue weighted by Gasteiger charge is 2.17. The molecule has 0 atom stereocenters. The smallest absolute Gasteiger partial charge is 0.338 e. The van der Waals surface area contributed by atoms with Gasteiger partial charge in [-0.3, -0.25) is 4.79 Å². The number of aromatic carboxylic acids is 1. The van der Waals surface area contributed by atoms with Crippen molar-refractivity contribution in [3.63, 3.8) is 0 Å². The summed E-state index contributed by atoms with van der Waals surface area (Å²) in [6, 6.07) is 4.59. The molecule has 2 aromatic heterocycles. The predicted molar refractivity (Wildman–Crippen MR) is 70.0 cm³/mol. The Hall–Kier alpha value is -2.41. The zero-order chi connectivity index (χ0) is 13.8. The molecule has 2 N–H and O–H groups in total. The molecule has 0 spiro atoms. The van der Waals surface area contributed by atoms with E-state index in [0.717, 1.165) is 11.3 Å². The standard InChI is InChI=1S/C12H10N2O4S/c1-18-10-7(3-2-5-13-10)9(15)14-11-8(12(16)17)4-6-19-11/h2-6H,1H3,(H,14,15)(H,16,17). The number of ether oxygens (including phenoxy) is 1. The van der Waals surface area contributed by atoms with Crippen LogP contribution < -0.4 is 10.1 Å². The van der Waals surface area contributed by atoms with Gasteiger partial charge in [0, 0.05) is 6.20 Å². The van der Waals surface area contributed by atoms with E-state index in [1.54, 1.807) is 17.5 Å². The Morgan fingerprint density at radius 2 is 2.16 bits per heavy atom. The van der Waals surface area contributed by atoms with Crippen LogP contribution in [0.2, 0.25) is 0 Å². The molecule has 0 aliphatic rings. The topological polar surface area (TPSA) is 88.5 Å². The number of pyridine rings is 1. The third-order valence-electron chi connectivity index (χ3n) is 2.33. The van der Waals surface area contributed by atoms with Crippen molar-refractivity contribution in [2.45, 2.75) is 0 Å². The van der Waals surface area contributed by atoms with Gasteiger partial charge in [-0.05, 0) is 23.6 Å². The number of carbonyl (C=O) groups excluding carboxylic acids is 1. The zero-order valence-corrected chi connectivity index (χ0v) is 10.7. The maximum atomic E-state index is 12.0. The van der Waals surface area contributed by atoms with Crippen LogP contribution in [0.1, 0.15) is 20.7 Å². The Bertz CT molecular complexity index is 624. The molecule has 0 aliphatic heterocycles. The number of hydrogen-bond donors (Lipinski definition) is 2. The van der Waals surface area contributed by atoms with Gasteiger partial charge in [0.2, 0.25) is 5.88 Å². The van der Waals surface area contributed by atoms with Crippen LogP contribution in [0.5, 0.6) is 5.88 Å². The molecule has 0 saturated carbocycles. The number of nitrogens with one attached hydrogen (secondary N) is 1. The van der Waals surface area contributed by atoms with E-state index in [1.165, 1.54) is 19.4 Å². The normalized spacial score (nSPS) is 9.95. The Morgan fingerprint density at radius 3 is 2.84 bits per heavy atom. The Labute approximate surface area is 112 Å². The van der Waals surface area contributed by atoms with E-state index in [9.17, 15) is 9.59 Å². The Kier molecular flexibility index (Phi) is 3.76. The molecule has 0 aromatic carbocycles. The number of anilines is 1. The van der Waals surface area contributed by atoms with E-state index in [1.807, 2.05) is 0 Å². The number of carboxylic acids is 1. The van der Waals surface area contributed by atoms with Crippen LogP contribution in [0, 0.1) is 0 Å². The van der Waals surface area contributed by atoms with Gasteiger partial charge in [0.25, 0.3) is 5.91 Å². The van der Waals surface area contributed by atoms with Crippen LogP contribution in [0.4, 0.5) is 5.00 Å². The number of amides is 1. The van der Waals surface area contributed by atoms with Crippen LogP contribution in [-0.2, 0) is 0 Å². The average molecular weight is 278 g/mol. The molecule has 0 aliphatic carbocycles. The summed E-state index contributed by atoms with van der Waals surface area (Å²) in [5.74, 6) is -1.36. The number of methoxy groups -OCH3 is 1. The summed E-state index contributed by atoms with van der Waals surface area (Å²) in [5.41, 5.74) is 0.302. The molecule has 2 aromatic rings. The number of carbonyl (C=O) groups is 2. The van der Waals surface area contributed by atoms with Crippen LogP contribution in [0.15, 0.2) is 29.8 Å². The first-order valence-corrected chi connectivity index (χ1v) is 6.12. The van der Waals surface area contributed by atoms with Crippen LogP contribution in [-0.4, -0.2) is 29.1 Å². The first-order valence-electron chi connectivity index (χ1n) is 5.24. The summed E-state index contributed by atoms with van der Waals surface area (Å²) >= 11 is 1.14. The second kappa shape index (κ2) is 5.49. The third kappa shape index (κ3) is 2.71. The van der Waals surface area contributed by atoms with E-state index in [2.05, 4.69) is 10.3 Å². The number of hydrogen-bond acceptors (Lipinski definition) is 5. The van der Waals surface area contributed by atoms with Gasteiger partial charge in [-0.15, -0.1) is 11.3 Å². The minimum Gasteiger partial charge on any atom is -0.480 e. The number of carboxylic acid groups (broad SMARTS) is 1.